The lowest BCUT2D eigenvalue weighted by molar-refractivity contribution is 0.0990. The first-order chi connectivity index (χ1) is 11.1. The van der Waals surface area contributed by atoms with Crippen LogP contribution < -0.4 is 5.73 Å². The Morgan fingerprint density at radius 3 is 2.87 bits per heavy atom. The van der Waals surface area contributed by atoms with Gasteiger partial charge in [0.1, 0.15) is 10.8 Å². The van der Waals surface area contributed by atoms with Gasteiger partial charge in [-0.15, -0.1) is 16.4 Å². The van der Waals surface area contributed by atoms with E-state index in [4.69, 9.17) is 5.73 Å². The van der Waals surface area contributed by atoms with E-state index in [1.54, 1.807) is 26.9 Å². The van der Waals surface area contributed by atoms with Crippen LogP contribution in [0.4, 0.5) is 0 Å². The summed E-state index contributed by atoms with van der Waals surface area (Å²) in [5.74, 6) is 0.184. The van der Waals surface area contributed by atoms with Gasteiger partial charge in [-0.3, -0.25) is 9.48 Å². The van der Waals surface area contributed by atoms with E-state index >= 15 is 0 Å². The molecule has 0 saturated heterocycles. The van der Waals surface area contributed by atoms with Crippen LogP contribution in [0.25, 0.3) is 10.6 Å². The fraction of sp³-hybridized carbons (Fsp3) is 0.357. The quantitative estimate of drug-likeness (QED) is 0.731. The molecule has 3 rings (SSSR count). The van der Waals surface area contributed by atoms with Crippen molar-refractivity contribution in [1.82, 2.24) is 29.5 Å². The normalized spacial score (nSPS) is 11.0. The van der Waals surface area contributed by atoms with Crippen molar-refractivity contribution in [1.29, 1.82) is 0 Å². The first-order valence-corrected chi connectivity index (χ1v) is 8.11. The van der Waals surface area contributed by atoms with Gasteiger partial charge in [0.05, 0.1) is 18.4 Å². The molecule has 3 heterocycles. The molecule has 8 nitrogen and oxygen atoms in total. The molecular weight excluding hydrogens is 314 g/mol. The number of carbonyl (C=O) groups excluding carboxylic acids is 1. The summed E-state index contributed by atoms with van der Waals surface area (Å²) in [5, 5.41) is 11.2. The predicted octanol–water partition coefficient (Wildman–Crippen LogP) is 1.23. The molecule has 2 N–H and O–H groups in total. The molecule has 120 valence electrons. The van der Waals surface area contributed by atoms with Crippen molar-refractivity contribution < 1.29 is 4.79 Å². The van der Waals surface area contributed by atoms with Crippen LogP contribution in [0.2, 0.25) is 0 Å². The second-order valence-electron chi connectivity index (χ2n) is 5.17. The van der Waals surface area contributed by atoms with Gasteiger partial charge in [-0.2, -0.15) is 5.10 Å². The Morgan fingerprint density at radius 2 is 2.22 bits per heavy atom. The Bertz CT molecular complexity index is 832. The van der Waals surface area contributed by atoms with Crippen molar-refractivity contribution in [2.24, 2.45) is 12.8 Å². The van der Waals surface area contributed by atoms with Crippen LogP contribution in [0.3, 0.4) is 0 Å². The number of nitrogens with two attached hydrogens (primary N) is 1. The van der Waals surface area contributed by atoms with Crippen molar-refractivity contribution in [2.45, 2.75) is 26.3 Å². The SMILES string of the molecule is CCCc1nc(C(N)=O)nn1Cc1csc(-c2cnn(C)c2)n1. The standard InChI is InChI=1S/C14H17N7OS/c1-3-4-11-18-13(12(15)22)19-21(11)7-10-8-23-14(17-10)9-5-16-20(2)6-9/h5-6,8H,3-4,7H2,1-2H3,(H2,15,22). The van der Waals surface area contributed by atoms with Crippen LogP contribution in [0.1, 0.15) is 35.5 Å². The van der Waals surface area contributed by atoms with E-state index in [0.29, 0.717) is 6.54 Å². The molecule has 3 aromatic rings. The maximum Gasteiger partial charge on any atom is 0.288 e. The van der Waals surface area contributed by atoms with Gasteiger partial charge in [0.15, 0.2) is 0 Å². The number of aryl methyl sites for hydroxylation is 2. The van der Waals surface area contributed by atoms with E-state index < -0.39 is 5.91 Å². The summed E-state index contributed by atoms with van der Waals surface area (Å²) in [4.78, 5) is 20.1. The fourth-order valence-electron chi connectivity index (χ4n) is 2.21. The molecule has 9 heteroatoms. The number of nitrogens with zero attached hydrogens (tertiary/aromatic N) is 6. The van der Waals surface area contributed by atoms with E-state index in [1.165, 1.54) is 0 Å². The first-order valence-electron chi connectivity index (χ1n) is 7.23. The van der Waals surface area contributed by atoms with E-state index in [9.17, 15) is 4.79 Å². The number of primary amides is 1. The smallest absolute Gasteiger partial charge is 0.288 e. The zero-order valence-electron chi connectivity index (χ0n) is 12.9. The Balaban J connectivity index is 1.84. The maximum absolute atomic E-state index is 11.3. The van der Waals surface area contributed by atoms with Gasteiger partial charge in [-0.25, -0.2) is 14.6 Å². The summed E-state index contributed by atoms with van der Waals surface area (Å²) in [6.07, 6.45) is 5.35. The van der Waals surface area contributed by atoms with E-state index in [0.717, 1.165) is 34.9 Å². The van der Waals surface area contributed by atoms with Gasteiger partial charge in [0, 0.05) is 30.6 Å². The summed E-state index contributed by atoms with van der Waals surface area (Å²) < 4.78 is 3.44. The van der Waals surface area contributed by atoms with Crippen LogP contribution in [0, 0.1) is 0 Å². The van der Waals surface area contributed by atoms with Crippen LogP contribution >= 0.6 is 11.3 Å². The molecule has 23 heavy (non-hydrogen) atoms. The number of rotatable bonds is 6. The molecule has 0 atom stereocenters. The Hall–Kier alpha value is -2.55. The monoisotopic (exact) mass is 331 g/mol. The van der Waals surface area contributed by atoms with Crippen LogP contribution in [0.5, 0.6) is 0 Å². The van der Waals surface area contributed by atoms with Gasteiger partial charge in [-0.05, 0) is 6.42 Å². The lowest BCUT2D eigenvalue weighted by Gasteiger charge is -2.02. The largest absolute Gasteiger partial charge is 0.363 e. The summed E-state index contributed by atoms with van der Waals surface area (Å²) in [6.45, 7) is 2.51. The summed E-state index contributed by atoms with van der Waals surface area (Å²) in [7, 11) is 1.87. The van der Waals surface area contributed by atoms with Crippen LogP contribution in [0.15, 0.2) is 17.8 Å². The molecule has 0 saturated carbocycles. The minimum atomic E-state index is -0.615. The fourth-order valence-corrected chi connectivity index (χ4v) is 3.00. The number of amides is 1. The van der Waals surface area contributed by atoms with E-state index in [1.807, 2.05) is 25.5 Å². The molecule has 0 radical (unpaired) electrons. The Kier molecular flexibility index (Phi) is 4.20. The zero-order valence-corrected chi connectivity index (χ0v) is 13.7. The molecule has 0 aliphatic carbocycles. The van der Waals surface area contributed by atoms with E-state index in [2.05, 4.69) is 20.2 Å². The summed E-state index contributed by atoms with van der Waals surface area (Å²) in [5.41, 5.74) is 7.12. The highest BCUT2D eigenvalue weighted by Crippen LogP contribution is 2.23. The van der Waals surface area contributed by atoms with Gasteiger partial charge in [0.2, 0.25) is 5.82 Å². The third-order valence-corrected chi connectivity index (χ3v) is 4.20. The van der Waals surface area contributed by atoms with Gasteiger partial charge < -0.3 is 5.73 Å². The lowest BCUT2D eigenvalue weighted by Crippen LogP contribution is -2.14. The second kappa shape index (κ2) is 6.29. The summed E-state index contributed by atoms with van der Waals surface area (Å²) >= 11 is 1.55. The minimum absolute atomic E-state index is 0.0520. The lowest BCUT2D eigenvalue weighted by atomic mass is 10.3. The molecule has 0 bridgehead atoms. The molecule has 0 spiro atoms. The maximum atomic E-state index is 11.3. The molecule has 0 aliphatic heterocycles. The molecule has 1 amide bonds. The molecule has 3 aromatic heterocycles. The highest BCUT2D eigenvalue weighted by atomic mass is 32.1. The second-order valence-corrected chi connectivity index (χ2v) is 6.03. The van der Waals surface area contributed by atoms with Crippen molar-refractivity contribution in [3.8, 4) is 10.6 Å². The van der Waals surface area contributed by atoms with Gasteiger partial charge in [-0.1, -0.05) is 6.92 Å². The molecule has 0 unspecified atom stereocenters. The van der Waals surface area contributed by atoms with Crippen molar-refractivity contribution >= 4 is 17.2 Å². The third kappa shape index (κ3) is 3.29. The average molecular weight is 331 g/mol. The predicted molar refractivity (Wildman–Crippen MR) is 86.0 cm³/mol. The molecule has 0 aromatic carbocycles. The van der Waals surface area contributed by atoms with E-state index in [-0.39, 0.29) is 5.82 Å². The molecule has 0 aliphatic rings. The molecule has 0 fully saturated rings. The number of hydrogen-bond acceptors (Lipinski definition) is 6. The number of thiazole rings is 1. The van der Waals surface area contributed by atoms with Crippen molar-refractivity contribution in [3.05, 3.63) is 35.1 Å². The highest BCUT2D eigenvalue weighted by Gasteiger charge is 2.15. The molecular formula is C14H17N7OS. The van der Waals surface area contributed by atoms with Crippen LogP contribution in [-0.4, -0.2) is 35.4 Å². The zero-order chi connectivity index (χ0) is 16.4. The number of aromatic nitrogens is 6. The average Bonchev–Trinajstić information content (AvgIpc) is 3.21. The summed E-state index contributed by atoms with van der Waals surface area (Å²) in [6, 6.07) is 0. The highest BCUT2D eigenvalue weighted by molar-refractivity contribution is 7.13. The Morgan fingerprint density at radius 1 is 1.39 bits per heavy atom. The third-order valence-electron chi connectivity index (χ3n) is 3.26. The number of carbonyl (C=O) groups is 1. The first kappa shape index (κ1) is 15.3. The number of hydrogen-bond donors (Lipinski definition) is 1. The topological polar surface area (TPSA) is 105 Å². The minimum Gasteiger partial charge on any atom is -0.363 e. The van der Waals surface area contributed by atoms with Crippen molar-refractivity contribution in [2.75, 3.05) is 0 Å². The van der Waals surface area contributed by atoms with Crippen molar-refractivity contribution in [3.63, 3.8) is 0 Å². The van der Waals surface area contributed by atoms with Crippen LogP contribution in [-0.2, 0) is 20.0 Å². The Labute approximate surface area is 137 Å². The van der Waals surface area contributed by atoms with Gasteiger partial charge in [0.25, 0.3) is 5.91 Å². The van der Waals surface area contributed by atoms with Gasteiger partial charge >= 0.3 is 0 Å².